The summed E-state index contributed by atoms with van der Waals surface area (Å²) in [5, 5.41) is 9.13. The number of hydrogen-bond donors (Lipinski definition) is 0. The molecular formula is C20H28N4O2. The van der Waals surface area contributed by atoms with Crippen LogP contribution in [0.1, 0.15) is 61.8 Å². The highest BCUT2D eigenvalue weighted by atomic mass is 16.5. The van der Waals surface area contributed by atoms with Gasteiger partial charge in [-0.05, 0) is 37.5 Å². The van der Waals surface area contributed by atoms with Gasteiger partial charge < -0.3 is 14.0 Å². The molecule has 1 aliphatic heterocycles. The van der Waals surface area contributed by atoms with Gasteiger partial charge in [0.1, 0.15) is 11.6 Å². The highest BCUT2D eigenvalue weighted by Gasteiger charge is 2.31. The molecule has 4 rings (SSSR count). The lowest BCUT2D eigenvalue weighted by Gasteiger charge is -2.34. The second-order valence-electron chi connectivity index (χ2n) is 7.39. The fourth-order valence-corrected chi connectivity index (χ4v) is 4.37. The standard InChI is InChI=1S/C20H28N4O2/c1-14-19-21-22-20(16-6-4-5-7-16)24(19)11-10-23(14)13-15-8-9-17(25-2)18(12-15)26-3/h8-9,12,14,16H,4-7,10-11,13H2,1-3H3. The third-order valence-electron chi connectivity index (χ3n) is 5.89. The number of rotatable bonds is 5. The van der Waals surface area contributed by atoms with Crippen LogP contribution in [0, 0.1) is 0 Å². The Kier molecular flexibility index (Phi) is 4.85. The van der Waals surface area contributed by atoms with Crippen molar-refractivity contribution in [3.63, 3.8) is 0 Å². The summed E-state index contributed by atoms with van der Waals surface area (Å²) in [6.45, 7) is 5.10. The zero-order chi connectivity index (χ0) is 18.1. The first-order chi connectivity index (χ1) is 12.7. The van der Waals surface area contributed by atoms with Crippen molar-refractivity contribution in [1.82, 2.24) is 19.7 Å². The van der Waals surface area contributed by atoms with E-state index in [4.69, 9.17) is 9.47 Å². The van der Waals surface area contributed by atoms with Gasteiger partial charge in [0.2, 0.25) is 0 Å². The van der Waals surface area contributed by atoms with Gasteiger partial charge in [0.15, 0.2) is 11.5 Å². The molecular weight excluding hydrogens is 328 g/mol. The number of methoxy groups -OCH3 is 2. The largest absolute Gasteiger partial charge is 0.493 e. The molecule has 1 aromatic carbocycles. The monoisotopic (exact) mass is 356 g/mol. The van der Waals surface area contributed by atoms with Gasteiger partial charge >= 0.3 is 0 Å². The Morgan fingerprint density at radius 1 is 1.00 bits per heavy atom. The third kappa shape index (κ3) is 3.07. The Morgan fingerprint density at radius 3 is 2.46 bits per heavy atom. The highest BCUT2D eigenvalue weighted by Crippen LogP contribution is 2.36. The van der Waals surface area contributed by atoms with Crippen molar-refractivity contribution in [2.75, 3.05) is 20.8 Å². The minimum absolute atomic E-state index is 0.263. The van der Waals surface area contributed by atoms with Crippen molar-refractivity contribution in [1.29, 1.82) is 0 Å². The van der Waals surface area contributed by atoms with Crippen LogP contribution in [0.5, 0.6) is 11.5 Å². The molecule has 0 saturated heterocycles. The van der Waals surface area contributed by atoms with Crippen LogP contribution in [0.25, 0.3) is 0 Å². The Hall–Kier alpha value is -2.08. The number of benzene rings is 1. The molecule has 2 aliphatic rings. The Bertz CT molecular complexity index is 767. The quantitative estimate of drug-likeness (QED) is 0.820. The molecule has 6 heteroatoms. The van der Waals surface area contributed by atoms with Crippen LogP contribution in [-0.4, -0.2) is 40.4 Å². The molecule has 0 N–H and O–H groups in total. The number of aromatic nitrogens is 3. The average Bonchev–Trinajstić information content (AvgIpc) is 3.33. The van der Waals surface area contributed by atoms with E-state index in [2.05, 4.69) is 38.7 Å². The summed E-state index contributed by atoms with van der Waals surface area (Å²) in [6.07, 6.45) is 5.19. The smallest absolute Gasteiger partial charge is 0.161 e. The molecule has 1 fully saturated rings. The van der Waals surface area contributed by atoms with Gasteiger partial charge in [-0.15, -0.1) is 10.2 Å². The predicted molar refractivity (Wildman–Crippen MR) is 99.6 cm³/mol. The van der Waals surface area contributed by atoms with Crippen molar-refractivity contribution in [3.05, 3.63) is 35.4 Å². The van der Waals surface area contributed by atoms with Gasteiger partial charge in [0.25, 0.3) is 0 Å². The van der Waals surface area contributed by atoms with Gasteiger partial charge in [-0.25, -0.2) is 0 Å². The molecule has 140 valence electrons. The van der Waals surface area contributed by atoms with Gasteiger partial charge in [0.05, 0.1) is 20.3 Å². The number of nitrogens with zero attached hydrogens (tertiary/aromatic N) is 4. The highest BCUT2D eigenvalue weighted by molar-refractivity contribution is 5.42. The van der Waals surface area contributed by atoms with Crippen LogP contribution >= 0.6 is 0 Å². The molecule has 1 aliphatic carbocycles. The maximum Gasteiger partial charge on any atom is 0.161 e. The Labute approximate surface area is 155 Å². The zero-order valence-electron chi connectivity index (χ0n) is 15.9. The van der Waals surface area contributed by atoms with E-state index in [9.17, 15) is 0 Å². The molecule has 0 bridgehead atoms. The Balaban J connectivity index is 1.52. The fourth-order valence-electron chi connectivity index (χ4n) is 4.37. The molecule has 1 unspecified atom stereocenters. The lowest BCUT2D eigenvalue weighted by Crippen LogP contribution is -2.37. The van der Waals surface area contributed by atoms with Gasteiger partial charge in [-0.3, -0.25) is 4.90 Å². The number of hydrogen-bond acceptors (Lipinski definition) is 5. The molecule has 6 nitrogen and oxygen atoms in total. The summed E-state index contributed by atoms with van der Waals surface area (Å²) in [5.41, 5.74) is 1.22. The minimum atomic E-state index is 0.263. The summed E-state index contributed by atoms with van der Waals surface area (Å²) >= 11 is 0. The van der Waals surface area contributed by atoms with E-state index in [1.54, 1.807) is 14.2 Å². The van der Waals surface area contributed by atoms with E-state index in [1.807, 2.05) is 6.07 Å². The molecule has 1 atom stereocenters. The van der Waals surface area contributed by atoms with E-state index in [1.165, 1.54) is 37.1 Å². The third-order valence-corrected chi connectivity index (χ3v) is 5.89. The van der Waals surface area contributed by atoms with Gasteiger partial charge in [0, 0.05) is 25.6 Å². The normalized spacial score (nSPS) is 21.0. The van der Waals surface area contributed by atoms with Crippen molar-refractivity contribution in [2.45, 2.75) is 57.7 Å². The lowest BCUT2D eigenvalue weighted by molar-refractivity contribution is 0.154. The van der Waals surface area contributed by atoms with E-state index in [-0.39, 0.29) is 6.04 Å². The summed E-state index contributed by atoms with van der Waals surface area (Å²) in [4.78, 5) is 2.46. The van der Waals surface area contributed by atoms with Crippen molar-refractivity contribution < 1.29 is 9.47 Å². The molecule has 0 radical (unpaired) electrons. The maximum absolute atomic E-state index is 5.44. The second-order valence-corrected chi connectivity index (χ2v) is 7.39. The van der Waals surface area contributed by atoms with Crippen LogP contribution in [0.2, 0.25) is 0 Å². The second kappa shape index (κ2) is 7.27. The van der Waals surface area contributed by atoms with Crippen LogP contribution < -0.4 is 9.47 Å². The SMILES string of the molecule is COc1ccc(CN2CCn3c(C4CCCC4)nnc3C2C)cc1OC. The van der Waals surface area contributed by atoms with Crippen LogP contribution in [0.3, 0.4) is 0 Å². The van der Waals surface area contributed by atoms with Crippen molar-refractivity contribution >= 4 is 0 Å². The van der Waals surface area contributed by atoms with Gasteiger partial charge in [-0.1, -0.05) is 18.9 Å². The van der Waals surface area contributed by atoms with Crippen molar-refractivity contribution in [2.24, 2.45) is 0 Å². The lowest BCUT2D eigenvalue weighted by atomic mass is 10.1. The van der Waals surface area contributed by atoms with E-state index in [0.717, 1.165) is 37.0 Å². The molecule has 2 aromatic rings. The molecule has 1 saturated carbocycles. The van der Waals surface area contributed by atoms with Crippen LogP contribution in [0.15, 0.2) is 18.2 Å². The minimum Gasteiger partial charge on any atom is -0.493 e. The summed E-state index contributed by atoms with van der Waals surface area (Å²) < 4.78 is 13.2. The van der Waals surface area contributed by atoms with Crippen LogP contribution in [0.4, 0.5) is 0 Å². The average molecular weight is 356 g/mol. The molecule has 0 spiro atoms. The summed E-state index contributed by atoms with van der Waals surface area (Å²) in [6, 6.07) is 6.41. The maximum atomic E-state index is 5.44. The van der Waals surface area contributed by atoms with Gasteiger partial charge in [-0.2, -0.15) is 0 Å². The van der Waals surface area contributed by atoms with E-state index in [0.29, 0.717) is 5.92 Å². The first-order valence-corrected chi connectivity index (χ1v) is 9.59. The molecule has 1 aromatic heterocycles. The van der Waals surface area contributed by atoms with E-state index < -0.39 is 0 Å². The summed E-state index contributed by atoms with van der Waals surface area (Å²) in [7, 11) is 3.34. The molecule has 0 amide bonds. The van der Waals surface area contributed by atoms with Crippen LogP contribution in [-0.2, 0) is 13.1 Å². The topological polar surface area (TPSA) is 52.4 Å². The number of fused-ring (bicyclic) bond motifs is 1. The predicted octanol–water partition coefficient (Wildman–Crippen LogP) is 3.53. The first-order valence-electron chi connectivity index (χ1n) is 9.59. The fraction of sp³-hybridized carbons (Fsp3) is 0.600. The zero-order valence-corrected chi connectivity index (χ0v) is 15.9. The first kappa shape index (κ1) is 17.3. The summed E-state index contributed by atoms with van der Waals surface area (Å²) in [5.74, 6) is 4.49. The Morgan fingerprint density at radius 2 is 1.73 bits per heavy atom. The van der Waals surface area contributed by atoms with Crippen molar-refractivity contribution in [3.8, 4) is 11.5 Å². The number of ether oxygens (including phenoxy) is 2. The molecule has 26 heavy (non-hydrogen) atoms. The van der Waals surface area contributed by atoms with E-state index >= 15 is 0 Å². The molecule has 2 heterocycles.